The van der Waals surface area contributed by atoms with Crippen molar-refractivity contribution in [1.82, 2.24) is 9.88 Å². The number of hydrogen-bond donors (Lipinski definition) is 1. The van der Waals surface area contributed by atoms with Crippen LogP contribution in [-0.2, 0) is 12.2 Å². The molecule has 4 nitrogen and oxygen atoms in total. The number of rotatable bonds is 3. The van der Waals surface area contributed by atoms with Gasteiger partial charge in [-0.25, -0.2) is 0 Å². The standard InChI is InChI=1S/C19H24N2O2S/c1-2-21-8-5-13(6-9-21)23-14-3-4-18-16(11-14)15-7-10-24-12-17(15)19(22)20-18/h3-4,11,13H,2,5-10,12H2,1H3,(H,20,22). The number of hydrogen-bond acceptors (Lipinski definition) is 4. The summed E-state index contributed by atoms with van der Waals surface area (Å²) in [5.74, 6) is 2.85. The zero-order valence-electron chi connectivity index (χ0n) is 14.1. The summed E-state index contributed by atoms with van der Waals surface area (Å²) in [6.45, 7) is 5.58. The molecule has 0 unspecified atom stereocenters. The summed E-state index contributed by atoms with van der Waals surface area (Å²) in [6, 6.07) is 6.12. The lowest BCUT2D eigenvalue weighted by Gasteiger charge is -2.31. The van der Waals surface area contributed by atoms with E-state index in [0.717, 1.165) is 72.6 Å². The van der Waals surface area contributed by atoms with Gasteiger partial charge < -0.3 is 14.6 Å². The highest BCUT2D eigenvalue weighted by atomic mass is 32.2. The Labute approximate surface area is 146 Å². The second-order valence-corrected chi connectivity index (χ2v) is 7.78. The van der Waals surface area contributed by atoms with Crippen molar-refractivity contribution in [2.45, 2.75) is 38.0 Å². The molecule has 2 aromatic rings. The Morgan fingerprint density at radius 2 is 2.12 bits per heavy atom. The van der Waals surface area contributed by atoms with Crippen LogP contribution in [0.25, 0.3) is 10.9 Å². The SMILES string of the molecule is CCN1CCC(Oc2ccc3[nH]c(=O)c4c(c3c2)CCSC4)CC1. The number of benzene rings is 1. The summed E-state index contributed by atoms with van der Waals surface area (Å²) >= 11 is 1.84. The molecule has 24 heavy (non-hydrogen) atoms. The Morgan fingerprint density at radius 1 is 1.29 bits per heavy atom. The molecule has 0 saturated carbocycles. The average molecular weight is 344 g/mol. The van der Waals surface area contributed by atoms with Gasteiger partial charge in [-0.15, -0.1) is 0 Å². The number of aromatic nitrogens is 1. The van der Waals surface area contributed by atoms with Gasteiger partial charge in [-0.05, 0) is 55.3 Å². The van der Waals surface area contributed by atoms with Crippen LogP contribution in [0.5, 0.6) is 5.75 Å². The second-order valence-electron chi connectivity index (χ2n) is 6.67. The van der Waals surface area contributed by atoms with E-state index in [0.29, 0.717) is 6.10 Å². The van der Waals surface area contributed by atoms with E-state index in [9.17, 15) is 4.79 Å². The summed E-state index contributed by atoms with van der Waals surface area (Å²) in [5.41, 5.74) is 3.18. The van der Waals surface area contributed by atoms with E-state index < -0.39 is 0 Å². The molecule has 1 aromatic carbocycles. The van der Waals surface area contributed by atoms with E-state index in [1.807, 2.05) is 23.9 Å². The minimum Gasteiger partial charge on any atom is -0.490 e. The fourth-order valence-corrected chi connectivity index (χ4v) is 4.78. The topological polar surface area (TPSA) is 45.3 Å². The van der Waals surface area contributed by atoms with Crippen molar-refractivity contribution in [2.75, 3.05) is 25.4 Å². The van der Waals surface area contributed by atoms with E-state index in [2.05, 4.69) is 22.9 Å². The maximum absolute atomic E-state index is 12.2. The summed E-state index contributed by atoms with van der Waals surface area (Å²) < 4.78 is 6.25. The number of likely N-dealkylation sites (tertiary alicyclic amines) is 1. The largest absolute Gasteiger partial charge is 0.490 e. The first-order valence-electron chi connectivity index (χ1n) is 8.89. The third-order valence-corrected chi connectivity index (χ3v) is 6.22. The number of pyridine rings is 1. The molecule has 1 aromatic heterocycles. The minimum absolute atomic E-state index is 0.0744. The van der Waals surface area contributed by atoms with E-state index in [4.69, 9.17) is 4.74 Å². The van der Waals surface area contributed by atoms with Crippen molar-refractivity contribution in [3.8, 4) is 5.75 Å². The lowest BCUT2D eigenvalue weighted by atomic mass is 10.0. The molecule has 1 fully saturated rings. The van der Waals surface area contributed by atoms with Crippen molar-refractivity contribution in [3.05, 3.63) is 39.7 Å². The highest BCUT2D eigenvalue weighted by Crippen LogP contribution is 2.30. The van der Waals surface area contributed by atoms with Crippen LogP contribution in [0.4, 0.5) is 0 Å². The van der Waals surface area contributed by atoms with Gasteiger partial charge in [0.15, 0.2) is 0 Å². The number of piperidine rings is 1. The molecule has 128 valence electrons. The highest BCUT2D eigenvalue weighted by molar-refractivity contribution is 7.98. The van der Waals surface area contributed by atoms with Crippen LogP contribution in [0, 0.1) is 0 Å². The number of aryl methyl sites for hydroxylation is 1. The van der Waals surface area contributed by atoms with Crippen LogP contribution in [0.1, 0.15) is 30.9 Å². The molecule has 4 rings (SSSR count). The van der Waals surface area contributed by atoms with Gasteiger partial charge in [0.1, 0.15) is 11.9 Å². The Balaban J connectivity index is 1.61. The van der Waals surface area contributed by atoms with Crippen LogP contribution >= 0.6 is 11.8 Å². The Hall–Kier alpha value is -1.46. The smallest absolute Gasteiger partial charge is 0.252 e. The fraction of sp³-hybridized carbons (Fsp3) is 0.526. The van der Waals surface area contributed by atoms with E-state index in [1.54, 1.807) is 0 Å². The zero-order valence-corrected chi connectivity index (χ0v) is 15.0. The number of aromatic amines is 1. The van der Waals surface area contributed by atoms with Crippen LogP contribution < -0.4 is 10.3 Å². The molecule has 2 aliphatic rings. The van der Waals surface area contributed by atoms with Gasteiger partial charge in [-0.2, -0.15) is 11.8 Å². The first-order chi connectivity index (χ1) is 11.7. The van der Waals surface area contributed by atoms with Gasteiger partial charge in [0.05, 0.1) is 0 Å². The minimum atomic E-state index is 0.0744. The van der Waals surface area contributed by atoms with Gasteiger partial charge in [-0.3, -0.25) is 4.79 Å². The molecular weight excluding hydrogens is 320 g/mol. The summed E-state index contributed by atoms with van der Waals surface area (Å²) in [7, 11) is 0. The molecule has 3 heterocycles. The van der Waals surface area contributed by atoms with Crippen molar-refractivity contribution >= 4 is 22.7 Å². The normalized spacial score (nSPS) is 19.4. The third-order valence-electron chi connectivity index (χ3n) is 5.23. The quantitative estimate of drug-likeness (QED) is 0.929. The number of nitrogens with one attached hydrogen (secondary N) is 1. The first kappa shape index (κ1) is 16.0. The zero-order chi connectivity index (χ0) is 16.5. The third kappa shape index (κ3) is 3.07. The van der Waals surface area contributed by atoms with Gasteiger partial charge in [0, 0.05) is 35.3 Å². The van der Waals surface area contributed by atoms with Crippen LogP contribution in [-0.4, -0.2) is 41.4 Å². The van der Waals surface area contributed by atoms with Gasteiger partial charge in [0.2, 0.25) is 0 Å². The van der Waals surface area contributed by atoms with Crippen molar-refractivity contribution in [1.29, 1.82) is 0 Å². The van der Waals surface area contributed by atoms with E-state index >= 15 is 0 Å². The van der Waals surface area contributed by atoms with Crippen molar-refractivity contribution in [3.63, 3.8) is 0 Å². The average Bonchev–Trinajstić information content (AvgIpc) is 2.63. The summed E-state index contributed by atoms with van der Waals surface area (Å²) in [4.78, 5) is 17.7. The fourth-order valence-electron chi connectivity index (χ4n) is 3.78. The molecule has 1 saturated heterocycles. The molecule has 2 aliphatic heterocycles. The molecule has 0 atom stereocenters. The molecule has 1 N–H and O–H groups in total. The monoisotopic (exact) mass is 344 g/mol. The Kier molecular flexibility index (Phi) is 4.55. The molecule has 0 radical (unpaired) electrons. The lowest BCUT2D eigenvalue weighted by molar-refractivity contribution is 0.104. The number of ether oxygens (including phenoxy) is 1. The number of H-pyrrole nitrogens is 1. The predicted molar refractivity (Wildman–Crippen MR) is 100 cm³/mol. The summed E-state index contributed by atoms with van der Waals surface area (Å²) in [6.07, 6.45) is 3.46. The van der Waals surface area contributed by atoms with Crippen molar-refractivity contribution < 1.29 is 4.74 Å². The highest BCUT2D eigenvalue weighted by Gasteiger charge is 2.21. The van der Waals surface area contributed by atoms with Gasteiger partial charge in [-0.1, -0.05) is 6.92 Å². The van der Waals surface area contributed by atoms with Gasteiger partial charge >= 0.3 is 0 Å². The molecule has 0 bridgehead atoms. The van der Waals surface area contributed by atoms with Gasteiger partial charge in [0.25, 0.3) is 5.56 Å². The number of nitrogens with zero attached hydrogens (tertiary/aromatic N) is 1. The maximum Gasteiger partial charge on any atom is 0.252 e. The van der Waals surface area contributed by atoms with Crippen molar-refractivity contribution in [2.24, 2.45) is 0 Å². The van der Waals surface area contributed by atoms with E-state index in [1.165, 1.54) is 5.56 Å². The molecular formula is C19H24N2O2S. The predicted octanol–water partition coefficient (Wildman–Crippen LogP) is 3.18. The van der Waals surface area contributed by atoms with Crippen LogP contribution in [0.3, 0.4) is 0 Å². The molecule has 0 amide bonds. The van der Waals surface area contributed by atoms with Crippen LogP contribution in [0.15, 0.2) is 23.0 Å². The molecule has 5 heteroatoms. The Bertz CT molecular complexity index is 794. The van der Waals surface area contributed by atoms with E-state index in [-0.39, 0.29) is 5.56 Å². The van der Waals surface area contributed by atoms with Crippen LogP contribution in [0.2, 0.25) is 0 Å². The second kappa shape index (κ2) is 6.81. The molecule has 0 spiro atoms. The first-order valence-corrected chi connectivity index (χ1v) is 10.0. The lowest BCUT2D eigenvalue weighted by Crippen LogP contribution is -2.37. The Morgan fingerprint density at radius 3 is 2.92 bits per heavy atom. The number of thioether (sulfide) groups is 1. The number of fused-ring (bicyclic) bond motifs is 3. The maximum atomic E-state index is 12.2. The summed E-state index contributed by atoms with van der Waals surface area (Å²) in [5, 5.41) is 1.16. The molecule has 0 aliphatic carbocycles.